The van der Waals surface area contributed by atoms with Crippen LogP contribution in [0.1, 0.15) is 43.0 Å². The zero-order valence-corrected chi connectivity index (χ0v) is 16.5. The maximum atomic E-state index is 13.1. The Morgan fingerprint density at radius 2 is 1.77 bits per heavy atom. The third kappa shape index (κ3) is 4.44. The lowest BCUT2D eigenvalue weighted by Crippen LogP contribution is -2.35. The normalized spacial score (nSPS) is 18.5. The first-order valence-electron chi connectivity index (χ1n) is 9.23. The molecule has 0 spiro atoms. The lowest BCUT2D eigenvalue weighted by molar-refractivity contribution is -0.114. The van der Waals surface area contributed by atoms with Crippen LogP contribution in [-0.4, -0.2) is 47.7 Å². The van der Waals surface area contributed by atoms with Crippen LogP contribution in [0, 0.1) is 5.92 Å². The van der Waals surface area contributed by atoms with Crippen LogP contribution in [0.3, 0.4) is 0 Å². The molecule has 0 bridgehead atoms. The number of anilines is 2. The minimum absolute atomic E-state index is 0.0283. The van der Waals surface area contributed by atoms with Crippen molar-refractivity contribution < 1.29 is 9.59 Å². The van der Waals surface area contributed by atoms with Gasteiger partial charge in [0.2, 0.25) is 0 Å². The fraction of sp³-hybridized carbons (Fsp3) is 0.579. The molecule has 0 aromatic heterocycles. The van der Waals surface area contributed by atoms with Gasteiger partial charge < -0.3 is 15.1 Å². The number of nitrogens with one attached hydrogen (secondary N) is 1. The summed E-state index contributed by atoms with van der Waals surface area (Å²) in [5.74, 6) is 0.250. The van der Waals surface area contributed by atoms with E-state index in [2.05, 4.69) is 17.1 Å². The van der Waals surface area contributed by atoms with Gasteiger partial charge in [-0.3, -0.25) is 9.59 Å². The zero-order valence-electron chi connectivity index (χ0n) is 15.0. The Kier molecular flexibility index (Phi) is 6.30. The van der Waals surface area contributed by atoms with Gasteiger partial charge in [-0.05, 0) is 49.8 Å². The highest BCUT2D eigenvalue weighted by Gasteiger charge is 2.26. The number of benzene rings is 1. The number of rotatable bonds is 4. The topological polar surface area (TPSA) is 52.7 Å². The van der Waals surface area contributed by atoms with Crippen LogP contribution >= 0.6 is 23.2 Å². The number of carbonyl (C=O) groups excluding carboxylic acids is 2. The molecule has 0 saturated carbocycles. The van der Waals surface area contributed by atoms with Crippen LogP contribution in [0.15, 0.2) is 18.2 Å². The first-order chi connectivity index (χ1) is 12.5. The zero-order chi connectivity index (χ0) is 18.7. The summed E-state index contributed by atoms with van der Waals surface area (Å²) in [5, 5.41) is 2.67. The summed E-state index contributed by atoms with van der Waals surface area (Å²) >= 11 is 11.2. The van der Waals surface area contributed by atoms with E-state index < -0.39 is 10.7 Å². The molecule has 0 unspecified atom stereocenters. The van der Waals surface area contributed by atoms with Crippen molar-refractivity contribution in [2.75, 3.05) is 36.4 Å². The van der Waals surface area contributed by atoms with E-state index in [1.807, 2.05) is 17.0 Å². The predicted molar refractivity (Wildman–Crippen MR) is 106 cm³/mol. The smallest absolute Gasteiger partial charge is 0.257 e. The molecule has 1 aromatic rings. The first kappa shape index (κ1) is 19.3. The summed E-state index contributed by atoms with van der Waals surface area (Å²) < 4.78 is 0. The number of likely N-dealkylation sites (tertiary alicyclic amines) is 1. The lowest BCUT2D eigenvalue weighted by atomic mass is 9.97. The van der Waals surface area contributed by atoms with Gasteiger partial charge in [-0.15, -0.1) is 0 Å². The Hall–Kier alpha value is -1.46. The molecule has 0 atom stereocenters. The van der Waals surface area contributed by atoms with E-state index in [0.717, 1.165) is 57.5 Å². The Morgan fingerprint density at radius 3 is 2.38 bits per heavy atom. The number of hydrogen-bond donors (Lipinski definition) is 1. The molecule has 0 aliphatic carbocycles. The van der Waals surface area contributed by atoms with Gasteiger partial charge in [0.25, 0.3) is 11.8 Å². The summed E-state index contributed by atoms with van der Waals surface area (Å²) in [5.41, 5.74) is 2.12. The van der Waals surface area contributed by atoms with Crippen LogP contribution in [0.5, 0.6) is 0 Å². The van der Waals surface area contributed by atoms with Gasteiger partial charge in [0.15, 0.2) is 4.84 Å². The van der Waals surface area contributed by atoms with Crippen molar-refractivity contribution in [3.8, 4) is 0 Å². The van der Waals surface area contributed by atoms with E-state index in [-0.39, 0.29) is 5.91 Å². The predicted octanol–water partition coefficient (Wildman–Crippen LogP) is 3.90. The molecule has 0 radical (unpaired) electrons. The van der Waals surface area contributed by atoms with E-state index in [1.165, 1.54) is 0 Å². The van der Waals surface area contributed by atoms with Crippen molar-refractivity contribution in [3.05, 3.63) is 23.8 Å². The Labute approximate surface area is 164 Å². The molecule has 1 aromatic carbocycles. The Bertz CT molecular complexity index is 667. The highest BCUT2D eigenvalue weighted by atomic mass is 35.5. The Morgan fingerprint density at radius 1 is 1.12 bits per heavy atom. The third-order valence-electron chi connectivity index (χ3n) is 5.21. The fourth-order valence-corrected chi connectivity index (χ4v) is 3.71. The van der Waals surface area contributed by atoms with Gasteiger partial charge in [-0.1, -0.05) is 30.1 Å². The van der Waals surface area contributed by atoms with E-state index in [1.54, 1.807) is 6.07 Å². The van der Waals surface area contributed by atoms with E-state index in [9.17, 15) is 9.59 Å². The van der Waals surface area contributed by atoms with Crippen LogP contribution in [-0.2, 0) is 4.79 Å². The molecular formula is C19H25Cl2N3O2. The van der Waals surface area contributed by atoms with Crippen LogP contribution in [0.4, 0.5) is 11.4 Å². The van der Waals surface area contributed by atoms with Crippen molar-refractivity contribution in [3.63, 3.8) is 0 Å². The number of nitrogens with zero attached hydrogens (tertiary/aromatic N) is 2. The van der Waals surface area contributed by atoms with Crippen molar-refractivity contribution in [2.45, 2.75) is 37.4 Å². The summed E-state index contributed by atoms with van der Waals surface area (Å²) in [6, 6.07) is 5.48. The minimum atomic E-state index is -1.14. The quantitative estimate of drug-likeness (QED) is 0.783. The maximum absolute atomic E-state index is 13.1. The van der Waals surface area contributed by atoms with Gasteiger partial charge in [0.05, 0.1) is 5.56 Å². The van der Waals surface area contributed by atoms with Gasteiger partial charge in [-0.25, -0.2) is 0 Å². The molecule has 2 saturated heterocycles. The number of hydrogen-bond acceptors (Lipinski definition) is 3. The SMILES string of the molecule is CC1CCN(c2ccc(NC(=O)C(Cl)Cl)cc2C(=O)N2CCCC2)CC1. The molecule has 2 heterocycles. The molecule has 2 aliphatic heterocycles. The van der Waals surface area contributed by atoms with E-state index in [4.69, 9.17) is 23.2 Å². The van der Waals surface area contributed by atoms with Gasteiger partial charge >= 0.3 is 0 Å². The van der Waals surface area contributed by atoms with Gasteiger partial charge in [-0.2, -0.15) is 0 Å². The number of halogens is 2. The van der Waals surface area contributed by atoms with Crippen molar-refractivity contribution in [2.24, 2.45) is 5.92 Å². The molecule has 3 rings (SSSR count). The van der Waals surface area contributed by atoms with Crippen molar-refractivity contribution >= 4 is 46.4 Å². The molecule has 2 aliphatic rings. The van der Waals surface area contributed by atoms with Crippen LogP contribution < -0.4 is 10.2 Å². The highest BCUT2D eigenvalue weighted by Crippen LogP contribution is 2.30. The van der Waals surface area contributed by atoms with E-state index in [0.29, 0.717) is 17.2 Å². The summed E-state index contributed by atoms with van der Waals surface area (Å²) in [6.45, 7) is 5.73. The molecule has 26 heavy (non-hydrogen) atoms. The lowest BCUT2D eigenvalue weighted by Gasteiger charge is -2.34. The van der Waals surface area contributed by atoms with Gasteiger partial charge in [0, 0.05) is 37.6 Å². The number of alkyl halides is 2. The maximum Gasteiger partial charge on any atom is 0.257 e. The van der Waals surface area contributed by atoms with Crippen molar-refractivity contribution in [1.82, 2.24) is 4.90 Å². The average Bonchev–Trinajstić information content (AvgIpc) is 3.16. The standard InChI is InChI=1S/C19H25Cl2N3O2/c1-13-6-10-23(11-7-13)16-5-4-14(22-18(25)17(20)21)12-15(16)19(26)24-8-2-3-9-24/h4-5,12-13,17H,2-3,6-11H2,1H3,(H,22,25). The largest absolute Gasteiger partial charge is 0.371 e. The second-order valence-electron chi connectivity index (χ2n) is 7.19. The summed E-state index contributed by atoms with van der Waals surface area (Å²) in [4.78, 5) is 27.9. The van der Waals surface area contributed by atoms with E-state index >= 15 is 0 Å². The molecule has 1 N–H and O–H groups in total. The Balaban J connectivity index is 1.89. The molecular weight excluding hydrogens is 373 g/mol. The fourth-order valence-electron chi connectivity index (χ4n) is 3.60. The third-order valence-corrected chi connectivity index (χ3v) is 5.61. The first-order valence-corrected chi connectivity index (χ1v) is 10.1. The highest BCUT2D eigenvalue weighted by molar-refractivity contribution is 6.54. The molecule has 2 fully saturated rings. The molecule has 142 valence electrons. The number of carbonyl (C=O) groups is 2. The second kappa shape index (κ2) is 8.49. The number of amides is 2. The molecule has 2 amide bonds. The summed E-state index contributed by atoms with van der Waals surface area (Å²) in [7, 11) is 0. The number of piperidine rings is 1. The van der Waals surface area contributed by atoms with Crippen LogP contribution in [0.25, 0.3) is 0 Å². The second-order valence-corrected chi connectivity index (χ2v) is 8.29. The molecule has 7 heteroatoms. The molecule has 5 nitrogen and oxygen atoms in total. The monoisotopic (exact) mass is 397 g/mol. The minimum Gasteiger partial charge on any atom is -0.371 e. The summed E-state index contributed by atoms with van der Waals surface area (Å²) in [6.07, 6.45) is 4.32. The van der Waals surface area contributed by atoms with Gasteiger partial charge in [0.1, 0.15) is 0 Å². The van der Waals surface area contributed by atoms with Crippen molar-refractivity contribution in [1.29, 1.82) is 0 Å². The average molecular weight is 398 g/mol. The van der Waals surface area contributed by atoms with Crippen LogP contribution in [0.2, 0.25) is 0 Å².